The molecule has 0 unspecified atom stereocenters. The number of esters is 1. The normalized spacial score (nSPS) is 19.1. The van der Waals surface area contributed by atoms with Crippen LogP contribution in [0.4, 0.5) is 0 Å². The monoisotopic (exact) mass is 292 g/mol. The van der Waals surface area contributed by atoms with E-state index in [-0.39, 0.29) is 5.97 Å². The summed E-state index contributed by atoms with van der Waals surface area (Å²) in [4.78, 5) is 10.7. The summed E-state index contributed by atoms with van der Waals surface area (Å²) in [7, 11) is 0. The molecule has 0 radical (unpaired) electrons. The van der Waals surface area contributed by atoms with Crippen molar-refractivity contribution >= 4 is 28.6 Å². The molecule has 13 heavy (non-hydrogen) atoms. The van der Waals surface area contributed by atoms with Gasteiger partial charge >= 0.3 is 5.97 Å². The van der Waals surface area contributed by atoms with E-state index in [0.717, 1.165) is 15.8 Å². The maximum atomic E-state index is 10.7. The number of cyclic esters (lactones) is 1. The lowest BCUT2D eigenvalue weighted by atomic mass is 10.2. The molecular formula is C10H13IO2. The Morgan fingerprint density at radius 2 is 2.23 bits per heavy atom. The van der Waals surface area contributed by atoms with E-state index in [2.05, 4.69) is 29.5 Å². The first-order valence-electron chi connectivity index (χ1n) is 4.52. The molecule has 0 fully saturated rings. The molecule has 0 bridgehead atoms. The first-order chi connectivity index (χ1) is 6.24. The minimum Gasteiger partial charge on any atom is -0.423 e. The van der Waals surface area contributed by atoms with E-state index in [0.29, 0.717) is 0 Å². The zero-order valence-electron chi connectivity index (χ0n) is 7.68. The first kappa shape index (κ1) is 10.8. The Balaban J connectivity index is 2.41. The summed E-state index contributed by atoms with van der Waals surface area (Å²) in [6, 6.07) is 0. The molecule has 0 saturated carbocycles. The van der Waals surface area contributed by atoms with Crippen LogP contribution in [-0.4, -0.2) is 5.97 Å². The number of unbranched alkanes of at least 4 members (excludes halogenated alkanes) is 2. The highest BCUT2D eigenvalue weighted by Gasteiger charge is 2.12. The summed E-state index contributed by atoms with van der Waals surface area (Å²) < 4.78 is 6.12. The molecule has 0 aromatic heterocycles. The summed E-state index contributed by atoms with van der Waals surface area (Å²) >= 11 is 2.24. The molecule has 0 N–H and O–H groups in total. The lowest BCUT2D eigenvalue weighted by molar-refractivity contribution is -0.132. The zero-order valence-corrected chi connectivity index (χ0v) is 9.84. The molecule has 0 saturated heterocycles. The Bertz CT molecular complexity index is 254. The fourth-order valence-corrected chi connectivity index (χ4v) is 1.79. The van der Waals surface area contributed by atoms with Crippen LogP contribution in [0.1, 0.15) is 32.6 Å². The topological polar surface area (TPSA) is 26.3 Å². The van der Waals surface area contributed by atoms with Crippen molar-refractivity contribution in [2.24, 2.45) is 0 Å². The third-order valence-electron chi connectivity index (χ3n) is 1.85. The second kappa shape index (κ2) is 5.42. The van der Waals surface area contributed by atoms with Gasteiger partial charge in [0.15, 0.2) is 0 Å². The SMILES string of the molecule is CCCCC/C(I)=C1/C=CC(=O)O1. The van der Waals surface area contributed by atoms with Gasteiger partial charge in [-0.05, 0) is 41.5 Å². The molecule has 72 valence electrons. The van der Waals surface area contributed by atoms with Gasteiger partial charge in [0.1, 0.15) is 5.76 Å². The van der Waals surface area contributed by atoms with Crippen molar-refractivity contribution in [1.82, 2.24) is 0 Å². The van der Waals surface area contributed by atoms with Gasteiger partial charge in [-0.1, -0.05) is 19.8 Å². The minimum atomic E-state index is -0.250. The van der Waals surface area contributed by atoms with Gasteiger partial charge in [-0.2, -0.15) is 0 Å². The van der Waals surface area contributed by atoms with E-state index in [1.54, 1.807) is 6.08 Å². The molecule has 0 aromatic carbocycles. The summed E-state index contributed by atoms with van der Waals surface area (Å²) in [5, 5.41) is 0. The van der Waals surface area contributed by atoms with Crippen molar-refractivity contribution in [1.29, 1.82) is 0 Å². The quantitative estimate of drug-likeness (QED) is 0.451. The molecule has 0 aliphatic carbocycles. The molecule has 0 aromatic rings. The van der Waals surface area contributed by atoms with Crippen LogP contribution in [0.5, 0.6) is 0 Å². The van der Waals surface area contributed by atoms with Crippen LogP contribution in [0.25, 0.3) is 0 Å². The van der Waals surface area contributed by atoms with E-state index < -0.39 is 0 Å². The second-order valence-corrected chi connectivity index (χ2v) is 4.28. The molecular weight excluding hydrogens is 279 g/mol. The van der Waals surface area contributed by atoms with Crippen molar-refractivity contribution in [3.05, 3.63) is 21.5 Å². The lowest BCUT2D eigenvalue weighted by Crippen LogP contribution is -1.92. The van der Waals surface area contributed by atoms with Gasteiger partial charge in [0, 0.05) is 9.66 Å². The number of halogens is 1. The fourth-order valence-electron chi connectivity index (χ4n) is 1.12. The highest BCUT2D eigenvalue weighted by molar-refractivity contribution is 14.1. The molecule has 2 nitrogen and oxygen atoms in total. The molecule has 3 heteroatoms. The van der Waals surface area contributed by atoms with Crippen molar-refractivity contribution in [3.63, 3.8) is 0 Å². The van der Waals surface area contributed by atoms with E-state index in [4.69, 9.17) is 4.74 Å². The van der Waals surface area contributed by atoms with Crippen LogP contribution in [0.15, 0.2) is 21.5 Å². The second-order valence-electron chi connectivity index (χ2n) is 2.98. The molecule has 0 spiro atoms. The van der Waals surface area contributed by atoms with E-state index in [9.17, 15) is 4.79 Å². The number of ether oxygens (including phenoxy) is 1. The van der Waals surface area contributed by atoms with Crippen molar-refractivity contribution < 1.29 is 9.53 Å². The maximum Gasteiger partial charge on any atom is 0.336 e. The highest BCUT2D eigenvalue weighted by atomic mass is 127. The number of hydrogen-bond acceptors (Lipinski definition) is 2. The molecule has 1 aliphatic rings. The first-order valence-corrected chi connectivity index (χ1v) is 5.60. The Hall–Kier alpha value is -0.320. The van der Waals surface area contributed by atoms with Gasteiger partial charge in [0.25, 0.3) is 0 Å². The van der Waals surface area contributed by atoms with Crippen LogP contribution >= 0.6 is 22.6 Å². The Morgan fingerprint density at radius 1 is 1.46 bits per heavy atom. The van der Waals surface area contributed by atoms with Gasteiger partial charge in [0.2, 0.25) is 0 Å². The average molecular weight is 292 g/mol. The number of hydrogen-bond donors (Lipinski definition) is 0. The van der Waals surface area contributed by atoms with Crippen LogP contribution in [-0.2, 0) is 9.53 Å². The van der Waals surface area contributed by atoms with E-state index in [1.165, 1.54) is 25.3 Å². The third kappa shape index (κ3) is 3.50. The van der Waals surface area contributed by atoms with Crippen molar-refractivity contribution in [3.8, 4) is 0 Å². The van der Waals surface area contributed by atoms with Gasteiger partial charge in [-0.25, -0.2) is 4.79 Å². The van der Waals surface area contributed by atoms with Crippen molar-refractivity contribution in [2.45, 2.75) is 32.6 Å². The van der Waals surface area contributed by atoms with Gasteiger partial charge in [-0.3, -0.25) is 0 Å². The summed E-state index contributed by atoms with van der Waals surface area (Å²) in [6.45, 7) is 2.18. The Kier molecular flexibility index (Phi) is 4.48. The molecule has 0 atom stereocenters. The maximum absolute atomic E-state index is 10.7. The molecule has 1 rings (SSSR count). The largest absolute Gasteiger partial charge is 0.423 e. The number of carbonyl (C=O) groups is 1. The number of rotatable bonds is 4. The number of allylic oxidation sites excluding steroid dienone is 2. The predicted octanol–water partition coefficient (Wildman–Crippen LogP) is 3.33. The number of carbonyl (C=O) groups excluding carboxylic acids is 1. The average Bonchev–Trinajstić information content (AvgIpc) is 2.52. The predicted molar refractivity (Wildman–Crippen MR) is 60.4 cm³/mol. The minimum absolute atomic E-state index is 0.250. The van der Waals surface area contributed by atoms with Crippen LogP contribution < -0.4 is 0 Å². The highest BCUT2D eigenvalue weighted by Crippen LogP contribution is 2.24. The summed E-state index contributed by atoms with van der Waals surface area (Å²) in [5.74, 6) is 0.487. The molecule has 0 amide bonds. The molecule has 1 heterocycles. The smallest absolute Gasteiger partial charge is 0.336 e. The van der Waals surface area contributed by atoms with Crippen molar-refractivity contribution in [2.75, 3.05) is 0 Å². The zero-order chi connectivity index (χ0) is 9.68. The van der Waals surface area contributed by atoms with Gasteiger partial charge < -0.3 is 4.74 Å². The van der Waals surface area contributed by atoms with Crippen LogP contribution in [0, 0.1) is 0 Å². The van der Waals surface area contributed by atoms with Crippen LogP contribution in [0.3, 0.4) is 0 Å². The molecule has 1 aliphatic heterocycles. The van der Waals surface area contributed by atoms with Crippen LogP contribution in [0.2, 0.25) is 0 Å². The Labute approximate surface area is 92.2 Å². The van der Waals surface area contributed by atoms with E-state index in [1.807, 2.05) is 0 Å². The third-order valence-corrected chi connectivity index (χ3v) is 2.92. The summed E-state index contributed by atoms with van der Waals surface area (Å²) in [6.07, 6.45) is 7.85. The van der Waals surface area contributed by atoms with Gasteiger partial charge in [-0.15, -0.1) is 0 Å². The standard InChI is InChI=1S/C10H13IO2/c1-2-3-4-5-8(11)9-6-7-10(12)13-9/h6-7H,2-5H2,1H3/b9-8+. The Morgan fingerprint density at radius 3 is 2.77 bits per heavy atom. The van der Waals surface area contributed by atoms with Gasteiger partial charge in [0.05, 0.1) is 0 Å². The summed E-state index contributed by atoms with van der Waals surface area (Å²) in [5.41, 5.74) is 0. The lowest BCUT2D eigenvalue weighted by Gasteiger charge is -2.01. The fraction of sp³-hybridized carbons (Fsp3) is 0.500. The van der Waals surface area contributed by atoms with E-state index >= 15 is 0 Å².